The first-order chi connectivity index (χ1) is 59.8. The van der Waals surface area contributed by atoms with Crippen LogP contribution in [0.1, 0.15) is 84.8 Å². The van der Waals surface area contributed by atoms with Crippen LogP contribution in [0, 0.1) is 0 Å². The van der Waals surface area contributed by atoms with Gasteiger partial charge in [0.15, 0.2) is 0 Å². The van der Waals surface area contributed by atoms with Crippen LogP contribution >= 0.6 is 0 Å². The van der Waals surface area contributed by atoms with E-state index in [9.17, 15) is 9.59 Å². The number of piperazine rings is 2. The van der Waals surface area contributed by atoms with Gasteiger partial charge in [0.2, 0.25) is 0 Å². The molecule has 0 radical (unpaired) electrons. The molecule has 0 aliphatic carbocycles. The lowest BCUT2D eigenvalue weighted by Gasteiger charge is -2.36. The van der Waals surface area contributed by atoms with E-state index >= 15 is 0 Å². The van der Waals surface area contributed by atoms with Crippen molar-refractivity contribution < 1.29 is 114 Å². The molecular formula is C86H144N12O24. The lowest BCUT2D eigenvalue weighted by Crippen LogP contribution is -2.47. The third-order valence-electron chi connectivity index (χ3n) is 19.1. The number of anilines is 4. The number of hydrogen-bond donors (Lipinski definition) is 5. The third kappa shape index (κ3) is 45.1. The number of nitrogens with one attached hydrogen (secondary N) is 2. The van der Waals surface area contributed by atoms with Crippen LogP contribution in [0.3, 0.4) is 0 Å². The van der Waals surface area contributed by atoms with Gasteiger partial charge in [0, 0.05) is 100 Å². The van der Waals surface area contributed by atoms with E-state index in [4.69, 9.17) is 126 Å². The number of nitrogens with two attached hydrogens (primary N) is 2. The second-order valence-electron chi connectivity index (χ2n) is 29.8. The summed E-state index contributed by atoms with van der Waals surface area (Å²) in [4.78, 5) is 57.6. The number of aliphatic carboxylic acids is 1. The maximum Gasteiger partial charge on any atom is 0.308 e. The van der Waals surface area contributed by atoms with Gasteiger partial charge in [-0.15, -0.1) is 0 Å². The number of carbonyl (C=O) groups is 2. The summed E-state index contributed by atoms with van der Waals surface area (Å²) < 4.78 is 116. The molecule has 2 saturated heterocycles. The average Bonchev–Trinajstić information content (AvgIpc) is 1.58. The molecule has 0 unspecified atom stereocenters. The molecule has 36 heteroatoms. The van der Waals surface area contributed by atoms with Crippen LogP contribution < -0.4 is 21.3 Å². The summed E-state index contributed by atoms with van der Waals surface area (Å²) in [6, 6.07) is 12.8. The summed E-state index contributed by atoms with van der Waals surface area (Å²) >= 11 is 0. The van der Waals surface area contributed by atoms with Gasteiger partial charge < -0.3 is 136 Å². The first-order valence-corrected chi connectivity index (χ1v) is 43.9. The number of aromatic amines is 2. The molecule has 122 heavy (non-hydrogen) atoms. The van der Waals surface area contributed by atoms with Crippen molar-refractivity contribution in [2.75, 3.05) is 351 Å². The number of aryl methyl sites for hydroxylation is 2. The first-order valence-electron chi connectivity index (χ1n) is 43.9. The Morgan fingerprint density at radius 2 is 0.615 bits per heavy atom. The Balaban J connectivity index is 0.000000336. The summed E-state index contributed by atoms with van der Waals surface area (Å²) in [7, 11) is 0. The number of esters is 1. The number of carbonyl (C=O) groups excluding carboxylic acids is 1. The fourth-order valence-corrected chi connectivity index (χ4v) is 12.6. The molecular weight excluding hydrogens is 1590 g/mol. The van der Waals surface area contributed by atoms with Crippen LogP contribution in [0.15, 0.2) is 36.4 Å². The molecule has 0 spiro atoms. The van der Waals surface area contributed by atoms with Crippen LogP contribution in [-0.2, 0) is 122 Å². The summed E-state index contributed by atoms with van der Waals surface area (Å²) in [5, 5.41) is 10.6. The lowest BCUT2D eigenvalue weighted by molar-refractivity contribution is -0.156. The number of nitrogen functional groups attached to an aromatic ring is 2. The molecule has 0 amide bonds. The predicted octanol–water partition coefficient (Wildman–Crippen LogP) is 6.85. The second-order valence-corrected chi connectivity index (χ2v) is 29.8. The maximum atomic E-state index is 11.6. The first kappa shape index (κ1) is 103. The number of rotatable bonds is 74. The van der Waals surface area contributed by atoms with E-state index in [-0.39, 0.29) is 25.4 Å². The third-order valence-corrected chi connectivity index (χ3v) is 19.1. The zero-order chi connectivity index (χ0) is 86.4. The highest BCUT2D eigenvalue weighted by molar-refractivity contribution is 6.08. The number of hydrogen-bond acceptors (Lipinski definition) is 33. The van der Waals surface area contributed by atoms with Gasteiger partial charge in [-0.05, 0) is 70.0 Å². The molecule has 36 nitrogen and oxygen atoms in total. The quantitative estimate of drug-likeness (QED) is 0.0192. The van der Waals surface area contributed by atoms with Gasteiger partial charge >= 0.3 is 11.9 Å². The maximum absolute atomic E-state index is 11.6. The van der Waals surface area contributed by atoms with E-state index in [1.807, 2.05) is 20.8 Å². The summed E-state index contributed by atoms with van der Waals surface area (Å²) in [5.74, 6) is 1.81. The van der Waals surface area contributed by atoms with Gasteiger partial charge in [0.1, 0.15) is 51.0 Å². The van der Waals surface area contributed by atoms with Gasteiger partial charge in [-0.2, -0.15) is 0 Å². The van der Waals surface area contributed by atoms with E-state index in [2.05, 4.69) is 89.8 Å². The van der Waals surface area contributed by atoms with Gasteiger partial charge in [-0.1, -0.05) is 26.7 Å². The molecule has 2 aliphatic heterocycles. The number of fused-ring (bicyclic) bond motifs is 6. The second kappa shape index (κ2) is 65.1. The topological polar surface area (TPSA) is 396 Å². The number of ether oxygens (including phenoxy) is 21. The smallest absolute Gasteiger partial charge is 0.308 e. The number of aromatic nitrogens is 6. The number of carboxylic acid groups (broad SMARTS) is 1. The van der Waals surface area contributed by atoms with E-state index in [1.54, 1.807) is 0 Å². The zero-order valence-corrected chi connectivity index (χ0v) is 73.5. The minimum Gasteiger partial charge on any atom is -0.481 e. The SMILES string of the molecule is CCCCc1nc2c([nH]1)c(N)nc1ccc(N3CCN(CCOCCOCCOCCOCCOCCOCCOCCOCCOCCOCCC(=O)O)CC3)cc12.CCCCc1nc2c([nH]1)c(N)nc1ccc(N3CCN(CCOCCOCCOCCOCCOCCOCCOCCOCCOCCOCCC(=O)OC(C)(C)C)CC3)cc12. The molecule has 0 bridgehead atoms. The minimum absolute atomic E-state index is 0.00370. The van der Waals surface area contributed by atoms with Crippen molar-refractivity contribution in [3.05, 3.63) is 48.0 Å². The molecule has 0 atom stereocenters. The summed E-state index contributed by atoms with van der Waals surface area (Å²) in [6.07, 6.45) is 6.46. The molecule has 6 aromatic rings. The van der Waals surface area contributed by atoms with Gasteiger partial charge in [-0.25, -0.2) is 19.9 Å². The van der Waals surface area contributed by atoms with Gasteiger partial charge in [0.05, 0.1) is 288 Å². The van der Waals surface area contributed by atoms with Crippen LogP contribution in [0.5, 0.6) is 0 Å². The van der Waals surface area contributed by atoms with Crippen molar-refractivity contribution >= 4 is 78.8 Å². The van der Waals surface area contributed by atoms with Crippen LogP contribution in [-0.4, -0.2) is 392 Å². The number of carboxylic acids is 1. The Morgan fingerprint density at radius 1 is 0.361 bits per heavy atom. The van der Waals surface area contributed by atoms with Crippen LogP contribution in [0.2, 0.25) is 0 Å². The zero-order valence-electron chi connectivity index (χ0n) is 73.5. The van der Waals surface area contributed by atoms with Crippen LogP contribution in [0.4, 0.5) is 23.0 Å². The Hall–Kier alpha value is -6.54. The van der Waals surface area contributed by atoms with E-state index < -0.39 is 11.6 Å². The fourth-order valence-electron chi connectivity index (χ4n) is 12.6. The summed E-state index contributed by atoms with van der Waals surface area (Å²) in [6.45, 7) is 38.8. The highest BCUT2D eigenvalue weighted by Crippen LogP contribution is 2.32. The Kier molecular flexibility index (Phi) is 54.7. The average molecular weight is 1730 g/mol. The number of pyridine rings is 2. The van der Waals surface area contributed by atoms with Crippen molar-refractivity contribution in [3.8, 4) is 0 Å². The fraction of sp³-hybridized carbons (Fsp3) is 0.744. The van der Waals surface area contributed by atoms with Crippen molar-refractivity contribution in [1.82, 2.24) is 39.7 Å². The highest BCUT2D eigenvalue weighted by atomic mass is 16.6. The molecule has 2 fully saturated rings. The largest absolute Gasteiger partial charge is 0.481 e. The number of nitrogens with zero attached hydrogens (tertiary/aromatic N) is 8. The molecule has 0 saturated carbocycles. The van der Waals surface area contributed by atoms with Crippen molar-refractivity contribution in [3.63, 3.8) is 0 Å². The number of H-pyrrole nitrogens is 2. The molecule has 6 heterocycles. The predicted molar refractivity (Wildman–Crippen MR) is 465 cm³/mol. The van der Waals surface area contributed by atoms with Crippen molar-refractivity contribution in [2.24, 2.45) is 0 Å². The molecule has 692 valence electrons. The van der Waals surface area contributed by atoms with Crippen molar-refractivity contribution in [2.45, 2.75) is 91.6 Å². The molecule has 8 rings (SSSR count). The Morgan fingerprint density at radius 3 is 0.869 bits per heavy atom. The normalized spacial score (nSPS) is 13.7. The molecule has 2 aliphatic rings. The van der Waals surface area contributed by atoms with Gasteiger partial charge in [0.25, 0.3) is 0 Å². The van der Waals surface area contributed by atoms with Crippen molar-refractivity contribution in [1.29, 1.82) is 0 Å². The lowest BCUT2D eigenvalue weighted by atomic mass is 10.1. The van der Waals surface area contributed by atoms with E-state index in [0.29, 0.717) is 269 Å². The molecule has 4 aromatic heterocycles. The van der Waals surface area contributed by atoms with Crippen LogP contribution in [0.25, 0.3) is 43.9 Å². The van der Waals surface area contributed by atoms with E-state index in [1.165, 1.54) is 11.4 Å². The van der Waals surface area contributed by atoms with Gasteiger partial charge in [-0.3, -0.25) is 19.4 Å². The Labute approximate surface area is 720 Å². The number of imidazole rings is 2. The molecule has 7 N–H and O–H groups in total. The summed E-state index contributed by atoms with van der Waals surface area (Å²) in [5.41, 5.74) is 19.7. The monoisotopic (exact) mass is 1730 g/mol. The van der Waals surface area contributed by atoms with E-state index in [0.717, 1.165) is 159 Å². The number of benzene rings is 2. The number of unbranched alkanes of at least 4 members (excludes halogenated alkanes) is 2. The molecule has 2 aromatic carbocycles. The Bertz CT molecular complexity index is 3660. The minimum atomic E-state index is -0.874. The standard InChI is InChI=1S/C45H76N6O12.C41H68N6O12/c1-5-6-7-40-48-42-38-36-37(8-9-39(38)47-44(46)43(42)49-40)51-13-11-50(12-14-51)15-17-54-19-21-56-23-25-58-27-29-60-31-33-62-35-34-61-32-30-59-28-26-57-24-22-55-20-18-53-16-10-41(52)63-45(2,3)4;1-2-3-4-37-44-39-35-33-34(5-6-36(35)43-41(42)40(39)45-37)47-10-8-46(9-11-47)12-14-51-16-18-53-20-22-55-24-26-57-28-30-59-32-31-58-29-27-56-25-23-54-21-19-52-17-15-50-13-7-38(48)49/h8-9,36H,5-7,10-35H2,1-4H3,(H2,46,47)(H,48,49);5-6,33H,2-4,7-32H2,1H3,(H2,42,43)(H,44,45)(H,48,49). The highest BCUT2D eigenvalue weighted by Gasteiger charge is 2.23.